The summed E-state index contributed by atoms with van der Waals surface area (Å²) in [6, 6.07) is 2.06. The van der Waals surface area contributed by atoms with E-state index < -0.39 is 0 Å². The maximum atomic E-state index is 12.3. The number of aromatic nitrogens is 2. The van der Waals surface area contributed by atoms with E-state index in [9.17, 15) is 4.79 Å². The summed E-state index contributed by atoms with van der Waals surface area (Å²) in [6.07, 6.45) is 5.76. The third kappa shape index (κ3) is 3.97. The third-order valence-electron chi connectivity index (χ3n) is 3.60. The number of hydrogen-bond acceptors (Lipinski definition) is 2. The predicted molar refractivity (Wildman–Crippen MR) is 74.6 cm³/mol. The fraction of sp³-hybridized carbons (Fsp3) is 0.733. The van der Waals surface area contributed by atoms with Crippen LogP contribution in [0.15, 0.2) is 6.07 Å². The monoisotopic (exact) mass is 250 g/mol. The van der Waals surface area contributed by atoms with E-state index in [0.717, 1.165) is 43.5 Å². The minimum Gasteiger partial charge on any atom is -0.299 e. The Labute approximate surface area is 111 Å². The standard InChI is InChI=1S/C15H26N2O/c1-5-8-9-12(6-2)15(18)11-14-10-13(7-3)16-17(14)4/h10,12H,5-9,11H2,1-4H3. The Morgan fingerprint density at radius 1 is 1.39 bits per heavy atom. The van der Waals surface area contributed by atoms with Crippen molar-refractivity contribution < 1.29 is 4.79 Å². The Morgan fingerprint density at radius 2 is 2.11 bits per heavy atom. The van der Waals surface area contributed by atoms with Gasteiger partial charge in [-0.15, -0.1) is 0 Å². The lowest BCUT2D eigenvalue weighted by Crippen LogP contribution is -2.17. The molecule has 0 aliphatic heterocycles. The fourth-order valence-electron chi connectivity index (χ4n) is 2.28. The molecule has 1 unspecified atom stereocenters. The van der Waals surface area contributed by atoms with Gasteiger partial charge in [-0.1, -0.05) is 33.6 Å². The zero-order valence-corrected chi connectivity index (χ0v) is 12.2. The Morgan fingerprint density at radius 3 is 2.61 bits per heavy atom. The van der Waals surface area contributed by atoms with Gasteiger partial charge in [0.05, 0.1) is 5.69 Å². The van der Waals surface area contributed by atoms with Crippen molar-refractivity contribution in [3.63, 3.8) is 0 Å². The molecule has 0 radical (unpaired) electrons. The van der Waals surface area contributed by atoms with Gasteiger partial charge in [-0.25, -0.2) is 0 Å². The van der Waals surface area contributed by atoms with Crippen molar-refractivity contribution in [1.29, 1.82) is 0 Å². The second-order valence-electron chi connectivity index (χ2n) is 4.99. The molecule has 1 aromatic rings. The Bertz CT molecular complexity index is 382. The van der Waals surface area contributed by atoms with Gasteiger partial charge in [0.2, 0.25) is 0 Å². The van der Waals surface area contributed by atoms with Crippen LogP contribution in [0.1, 0.15) is 57.8 Å². The molecule has 3 nitrogen and oxygen atoms in total. The van der Waals surface area contributed by atoms with Crippen LogP contribution < -0.4 is 0 Å². The van der Waals surface area contributed by atoms with Crippen molar-refractivity contribution in [2.45, 2.75) is 59.3 Å². The van der Waals surface area contributed by atoms with E-state index in [1.54, 1.807) is 0 Å². The van der Waals surface area contributed by atoms with E-state index >= 15 is 0 Å². The van der Waals surface area contributed by atoms with Gasteiger partial charge >= 0.3 is 0 Å². The molecule has 0 aliphatic carbocycles. The lowest BCUT2D eigenvalue weighted by atomic mass is 9.92. The number of rotatable bonds is 8. The van der Waals surface area contributed by atoms with E-state index in [4.69, 9.17) is 0 Å². The first-order chi connectivity index (χ1) is 8.62. The van der Waals surface area contributed by atoms with Gasteiger partial charge in [0.1, 0.15) is 5.78 Å². The van der Waals surface area contributed by atoms with Crippen LogP contribution in [0.25, 0.3) is 0 Å². The molecular formula is C15H26N2O. The highest BCUT2D eigenvalue weighted by Gasteiger charge is 2.18. The normalized spacial score (nSPS) is 12.7. The fourth-order valence-corrected chi connectivity index (χ4v) is 2.28. The zero-order valence-electron chi connectivity index (χ0n) is 12.2. The molecular weight excluding hydrogens is 224 g/mol. The minimum absolute atomic E-state index is 0.227. The summed E-state index contributed by atoms with van der Waals surface area (Å²) in [4.78, 5) is 12.3. The van der Waals surface area contributed by atoms with Gasteiger partial charge in [0.15, 0.2) is 0 Å². The molecule has 3 heteroatoms. The van der Waals surface area contributed by atoms with Crippen LogP contribution in [0.3, 0.4) is 0 Å². The molecule has 0 N–H and O–H groups in total. The number of aryl methyl sites for hydroxylation is 2. The number of hydrogen-bond donors (Lipinski definition) is 0. The first-order valence-electron chi connectivity index (χ1n) is 7.16. The Hall–Kier alpha value is -1.12. The van der Waals surface area contributed by atoms with E-state index in [0.29, 0.717) is 12.2 Å². The Balaban J connectivity index is 2.64. The summed E-state index contributed by atoms with van der Waals surface area (Å²) >= 11 is 0. The van der Waals surface area contributed by atoms with Gasteiger partial charge in [-0.2, -0.15) is 5.10 Å². The molecule has 0 amide bonds. The molecule has 0 bridgehead atoms. The zero-order chi connectivity index (χ0) is 13.5. The largest absolute Gasteiger partial charge is 0.299 e. The number of carbonyl (C=O) groups is 1. The second-order valence-corrected chi connectivity index (χ2v) is 4.99. The molecule has 1 rings (SSSR count). The summed E-state index contributed by atoms with van der Waals surface area (Å²) in [6.45, 7) is 6.37. The summed E-state index contributed by atoms with van der Waals surface area (Å²) in [5, 5.41) is 4.39. The van der Waals surface area contributed by atoms with Crippen LogP contribution in [-0.4, -0.2) is 15.6 Å². The Kier molecular flexibility index (Phi) is 6.10. The van der Waals surface area contributed by atoms with E-state index in [1.807, 2.05) is 11.7 Å². The quantitative estimate of drug-likeness (QED) is 0.709. The summed E-state index contributed by atoms with van der Waals surface area (Å²) in [5.74, 6) is 0.599. The summed E-state index contributed by atoms with van der Waals surface area (Å²) in [5.41, 5.74) is 2.12. The molecule has 1 aromatic heterocycles. The molecule has 1 atom stereocenters. The number of Topliss-reactive ketones (excluding diaryl/α,β-unsaturated/α-hetero) is 1. The summed E-state index contributed by atoms with van der Waals surface area (Å²) < 4.78 is 1.85. The van der Waals surface area contributed by atoms with E-state index in [2.05, 4.69) is 31.9 Å². The third-order valence-corrected chi connectivity index (χ3v) is 3.60. The average molecular weight is 250 g/mol. The van der Waals surface area contributed by atoms with E-state index in [-0.39, 0.29) is 5.92 Å². The molecule has 0 aromatic carbocycles. The second kappa shape index (κ2) is 7.34. The average Bonchev–Trinajstić information content (AvgIpc) is 2.71. The van der Waals surface area contributed by atoms with Crippen LogP contribution in [0.5, 0.6) is 0 Å². The van der Waals surface area contributed by atoms with Crippen molar-refractivity contribution in [2.75, 3.05) is 0 Å². The van der Waals surface area contributed by atoms with Crippen molar-refractivity contribution in [3.8, 4) is 0 Å². The highest BCUT2D eigenvalue weighted by Crippen LogP contribution is 2.17. The molecule has 1 heterocycles. The summed E-state index contributed by atoms with van der Waals surface area (Å²) in [7, 11) is 1.93. The topological polar surface area (TPSA) is 34.9 Å². The maximum Gasteiger partial charge on any atom is 0.141 e. The number of nitrogens with zero attached hydrogens (tertiary/aromatic N) is 2. The molecule has 18 heavy (non-hydrogen) atoms. The highest BCUT2D eigenvalue weighted by molar-refractivity contribution is 5.82. The van der Waals surface area contributed by atoms with Crippen molar-refractivity contribution >= 4 is 5.78 Å². The molecule has 0 spiro atoms. The van der Waals surface area contributed by atoms with Crippen LogP contribution in [0.2, 0.25) is 0 Å². The SMILES string of the molecule is CCCCC(CC)C(=O)Cc1cc(CC)nn1C. The van der Waals surface area contributed by atoms with Crippen molar-refractivity contribution in [3.05, 3.63) is 17.5 Å². The predicted octanol–water partition coefficient (Wildman–Crippen LogP) is 3.31. The van der Waals surface area contributed by atoms with Crippen LogP contribution in [0, 0.1) is 5.92 Å². The van der Waals surface area contributed by atoms with E-state index in [1.165, 1.54) is 0 Å². The number of carbonyl (C=O) groups excluding carboxylic acids is 1. The van der Waals surface area contributed by atoms with Crippen LogP contribution in [0.4, 0.5) is 0 Å². The lowest BCUT2D eigenvalue weighted by molar-refractivity contribution is -0.122. The molecule has 0 saturated carbocycles. The number of ketones is 1. The minimum atomic E-state index is 0.227. The first-order valence-corrected chi connectivity index (χ1v) is 7.16. The van der Waals surface area contributed by atoms with Gasteiger partial charge in [-0.05, 0) is 25.3 Å². The van der Waals surface area contributed by atoms with Crippen molar-refractivity contribution in [2.24, 2.45) is 13.0 Å². The molecule has 0 saturated heterocycles. The van der Waals surface area contributed by atoms with Gasteiger partial charge < -0.3 is 0 Å². The lowest BCUT2D eigenvalue weighted by Gasteiger charge is -2.12. The maximum absolute atomic E-state index is 12.3. The first kappa shape index (κ1) is 14.9. The number of unbranched alkanes of at least 4 members (excludes halogenated alkanes) is 1. The van der Waals surface area contributed by atoms with Gasteiger partial charge in [0.25, 0.3) is 0 Å². The molecule has 0 fully saturated rings. The van der Waals surface area contributed by atoms with Crippen molar-refractivity contribution in [1.82, 2.24) is 9.78 Å². The van der Waals surface area contributed by atoms with Crippen LogP contribution >= 0.6 is 0 Å². The van der Waals surface area contributed by atoms with Crippen LogP contribution in [-0.2, 0) is 24.7 Å². The van der Waals surface area contributed by atoms with Gasteiger partial charge in [0, 0.05) is 25.1 Å². The highest BCUT2D eigenvalue weighted by atomic mass is 16.1. The molecule has 0 aliphatic rings. The van der Waals surface area contributed by atoms with Gasteiger partial charge in [-0.3, -0.25) is 9.48 Å². The molecule has 102 valence electrons. The smallest absolute Gasteiger partial charge is 0.141 e.